The van der Waals surface area contributed by atoms with Crippen molar-refractivity contribution < 1.29 is 13.3 Å². The van der Waals surface area contributed by atoms with E-state index in [1.807, 2.05) is 0 Å². The molecular weight excluding hydrogens is 479 g/mol. The number of hydrogen-bond acceptors (Lipinski definition) is 4. The summed E-state index contributed by atoms with van der Waals surface area (Å²) in [4.78, 5) is 0. The normalized spacial score (nSPS) is 15.1. The van der Waals surface area contributed by atoms with Gasteiger partial charge in [-0.3, -0.25) is 0 Å². The van der Waals surface area contributed by atoms with E-state index in [2.05, 4.69) is 121 Å². The van der Waals surface area contributed by atoms with Crippen LogP contribution in [0.3, 0.4) is 0 Å². The second kappa shape index (κ2) is 10.2. The Labute approximate surface area is 204 Å². The van der Waals surface area contributed by atoms with Gasteiger partial charge >= 0.3 is 0 Å². The highest BCUT2D eigenvalue weighted by Gasteiger charge is 2.37. The lowest BCUT2D eigenvalue weighted by Gasteiger charge is -2.46. The quantitative estimate of drug-likeness (QED) is 0.272. The van der Waals surface area contributed by atoms with Crippen LogP contribution in [-0.2, 0) is 4.43 Å². The molecule has 0 N–H and O–H groups in total. The average Bonchev–Trinajstić information content (AvgIpc) is 2.46. The Morgan fingerprint density at radius 3 is 1.44 bits per heavy atom. The Morgan fingerprint density at radius 2 is 1.06 bits per heavy atom. The van der Waals surface area contributed by atoms with Gasteiger partial charge in [0.2, 0.25) is 16.6 Å². The molecule has 1 aromatic rings. The first-order chi connectivity index (χ1) is 14.0. The molecule has 0 aliphatic heterocycles. The van der Waals surface area contributed by atoms with Gasteiger partial charge in [-0.1, -0.05) is 45.3 Å². The maximum Gasteiger partial charge on any atom is 0.242 e. The zero-order valence-electron chi connectivity index (χ0n) is 23.7. The van der Waals surface area contributed by atoms with Gasteiger partial charge in [-0.05, 0) is 76.6 Å². The van der Waals surface area contributed by atoms with Gasteiger partial charge in [0.15, 0.2) is 8.32 Å². The van der Waals surface area contributed by atoms with Crippen LogP contribution in [0.4, 0.5) is 0 Å². The van der Waals surface area contributed by atoms with Crippen LogP contribution in [0.2, 0.25) is 98.2 Å². The summed E-state index contributed by atoms with van der Waals surface area (Å²) >= 11 is 0. The van der Waals surface area contributed by atoms with Crippen molar-refractivity contribution in [2.75, 3.05) is 6.54 Å². The lowest BCUT2D eigenvalue weighted by molar-refractivity contribution is 0.181. The predicted octanol–water partition coefficient (Wildman–Crippen LogP) is 7.98. The molecule has 4 nitrogen and oxygen atoms in total. The van der Waals surface area contributed by atoms with E-state index in [1.54, 1.807) is 0 Å². The maximum absolute atomic E-state index is 6.84. The largest absolute Gasteiger partial charge is 0.542 e. The molecular formula is C23H51NO3Si5. The number of nitrogens with zero attached hydrogens (tertiary/aromatic N) is 1. The molecule has 0 saturated carbocycles. The molecule has 32 heavy (non-hydrogen) atoms. The Bertz CT molecular complexity index is 739. The van der Waals surface area contributed by atoms with Crippen LogP contribution in [0.1, 0.15) is 11.7 Å². The van der Waals surface area contributed by atoms with Gasteiger partial charge in [0.25, 0.3) is 0 Å². The van der Waals surface area contributed by atoms with Crippen molar-refractivity contribution in [1.29, 1.82) is 0 Å². The van der Waals surface area contributed by atoms with E-state index >= 15 is 0 Å². The van der Waals surface area contributed by atoms with Crippen molar-refractivity contribution in [2.24, 2.45) is 0 Å². The van der Waals surface area contributed by atoms with Crippen molar-refractivity contribution in [2.45, 2.75) is 104 Å². The van der Waals surface area contributed by atoms with Crippen molar-refractivity contribution in [1.82, 2.24) is 4.23 Å². The number of rotatable bonds is 11. The minimum Gasteiger partial charge on any atom is -0.542 e. The maximum atomic E-state index is 6.84. The molecule has 0 aliphatic carbocycles. The summed E-state index contributed by atoms with van der Waals surface area (Å²) in [5, 5.41) is 0. The molecule has 0 saturated heterocycles. The molecule has 0 unspecified atom stereocenters. The SMILES string of the molecule is C[Si](C)(C)Oc1ccc([C@H](CN([Si](C)(C)C)[Si](C)(C)C)O[Si](C)(C)C)cc1O[Si](C)(C)C. The summed E-state index contributed by atoms with van der Waals surface area (Å²) < 4.78 is 22.6. The predicted molar refractivity (Wildman–Crippen MR) is 155 cm³/mol. The second-order valence-electron chi connectivity index (χ2n) is 13.8. The van der Waals surface area contributed by atoms with Crippen molar-refractivity contribution in [3.63, 3.8) is 0 Å². The summed E-state index contributed by atoms with van der Waals surface area (Å²) in [6.07, 6.45) is 0.0463. The third kappa shape index (κ3) is 10.8. The van der Waals surface area contributed by atoms with E-state index < -0.39 is 41.4 Å². The molecule has 9 heteroatoms. The molecule has 0 amide bonds. The first kappa shape index (κ1) is 29.9. The van der Waals surface area contributed by atoms with Crippen LogP contribution in [0, 0.1) is 0 Å². The molecule has 0 spiro atoms. The van der Waals surface area contributed by atoms with E-state index in [-0.39, 0.29) is 6.10 Å². The molecule has 0 fully saturated rings. The zero-order valence-corrected chi connectivity index (χ0v) is 28.7. The second-order valence-corrected chi connectivity index (χ2v) is 37.3. The molecule has 0 aliphatic rings. The Hall–Kier alpha value is -0.176. The van der Waals surface area contributed by atoms with Gasteiger partial charge in [0, 0.05) is 6.54 Å². The summed E-state index contributed by atoms with van der Waals surface area (Å²) in [7, 11) is -8.30. The molecule has 0 aromatic heterocycles. The number of benzene rings is 1. The van der Waals surface area contributed by atoms with Gasteiger partial charge in [-0.15, -0.1) is 0 Å². The molecule has 1 rings (SSSR count). The van der Waals surface area contributed by atoms with Crippen LogP contribution in [-0.4, -0.2) is 52.2 Å². The Kier molecular flexibility index (Phi) is 9.52. The van der Waals surface area contributed by atoms with Crippen LogP contribution >= 0.6 is 0 Å². The lowest BCUT2D eigenvalue weighted by Crippen LogP contribution is -2.60. The van der Waals surface area contributed by atoms with Gasteiger partial charge in [-0.25, -0.2) is 0 Å². The molecule has 0 bridgehead atoms. The van der Waals surface area contributed by atoms with Crippen LogP contribution in [0.5, 0.6) is 11.5 Å². The first-order valence-electron chi connectivity index (χ1n) is 12.0. The molecule has 0 radical (unpaired) electrons. The minimum absolute atomic E-state index is 0.0463. The summed E-state index contributed by atoms with van der Waals surface area (Å²) in [6.45, 7) is 35.9. The van der Waals surface area contributed by atoms with Crippen LogP contribution in [0.15, 0.2) is 18.2 Å². The number of hydrogen-bond donors (Lipinski definition) is 0. The molecule has 186 valence electrons. The van der Waals surface area contributed by atoms with Gasteiger partial charge in [0.1, 0.15) is 28.0 Å². The van der Waals surface area contributed by atoms with E-state index in [9.17, 15) is 0 Å². The van der Waals surface area contributed by atoms with E-state index in [0.717, 1.165) is 18.0 Å². The monoisotopic (exact) mass is 529 g/mol. The van der Waals surface area contributed by atoms with Crippen LogP contribution in [0.25, 0.3) is 0 Å². The third-order valence-electron chi connectivity index (χ3n) is 4.64. The zero-order chi connectivity index (χ0) is 25.3. The van der Waals surface area contributed by atoms with Crippen molar-refractivity contribution in [3.8, 4) is 11.5 Å². The Morgan fingerprint density at radius 1 is 0.625 bits per heavy atom. The van der Waals surface area contributed by atoms with Gasteiger partial charge in [0.05, 0.1) is 6.10 Å². The fraction of sp³-hybridized carbons (Fsp3) is 0.739. The van der Waals surface area contributed by atoms with E-state index in [4.69, 9.17) is 13.3 Å². The molecule has 1 aromatic carbocycles. The fourth-order valence-electron chi connectivity index (χ4n) is 3.91. The van der Waals surface area contributed by atoms with Gasteiger partial charge < -0.3 is 17.5 Å². The first-order valence-corrected chi connectivity index (χ1v) is 29.1. The highest BCUT2D eigenvalue weighted by Crippen LogP contribution is 2.37. The molecule has 1 atom stereocenters. The van der Waals surface area contributed by atoms with Gasteiger partial charge in [-0.2, -0.15) is 0 Å². The summed E-state index contributed by atoms with van der Waals surface area (Å²) in [5.74, 6) is 1.77. The Balaban J connectivity index is 3.53. The smallest absolute Gasteiger partial charge is 0.242 e. The third-order valence-corrected chi connectivity index (χ3v) is 14.9. The van der Waals surface area contributed by atoms with Crippen LogP contribution < -0.4 is 8.85 Å². The van der Waals surface area contributed by atoms with Crippen molar-refractivity contribution in [3.05, 3.63) is 23.8 Å². The lowest BCUT2D eigenvalue weighted by atomic mass is 10.1. The average molecular weight is 530 g/mol. The fourth-order valence-corrected chi connectivity index (χ4v) is 16.1. The topological polar surface area (TPSA) is 30.9 Å². The molecule has 0 heterocycles. The van der Waals surface area contributed by atoms with E-state index in [0.29, 0.717) is 0 Å². The minimum atomic E-state index is -1.79. The van der Waals surface area contributed by atoms with E-state index in [1.165, 1.54) is 5.56 Å². The summed E-state index contributed by atoms with van der Waals surface area (Å²) in [6, 6.07) is 6.55. The standard InChI is InChI=1S/C23H51NO3Si5/c1-28(2,3)24(29(4,5)6)19-23(27-32(13,14)15)20-16-17-21(25-30(7,8)9)22(18-20)26-31(10,11)12/h16-18,23H,19H2,1-15H3/t23-/m0/s1. The summed E-state index contributed by atoms with van der Waals surface area (Å²) in [5.41, 5.74) is 1.21. The van der Waals surface area contributed by atoms with Crippen molar-refractivity contribution >= 4 is 41.4 Å². The highest BCUT2D eigenvalue weighted by atomic mass is 28.4. The highest BCUT2D eigenvalue weighted by molar-refractivity contribution is 6.89.